The van der Waals surface area contributed by atoms with E-state index in [0.717, 1.165) is 16.8 Å². The largest absolute Gasteiger partial charge is 0.316 e. The van der Waals surface area contributed by atoms with Gasteiger partial charge in [0, 0.05) is 12.5 Å². The number of hydrogen-bond donors (Lipinski definition) is 2. The quantitative estimate of drug-likeness (QED) is 0.542. The van der Waals surface area contributed by atoms with Gasteiger partial charge in [-0.15, -0.1) is 0 Å². The summed E-state index contributed by atoms with van der Waals surface area (Å²) >= 11 is 1.35. The van der Waals surface area contributed by atoms with E-state index < -0.39 is 0 Å². The minimum atomic E-state index is -0.129. The zero-order valence-corrected chi connectivity index (χ0v) is 13.9. The Morgan fingerprint density at radius 1 is 1.08 bits per heavy atom. The van der Waals surface area contributed by atoms with Crippen molar-refractivity contribution < 1.29 is 4.79 Å². The van der Waals surface area contributed by atoms with Crippen LogP contribution in [-0.2, 0) is 4.79 Å². The molecule has 5 nitrogen and oxygen atoms in total. The number of hydrogen-bond acceptors (Lipinski definition) is 5. The number of nitrogens with zero attached hydrogens (tertiary/aromatic N) is 2. The van der Waals surface area contributed by atoms with Gasteiger partial charge in [-0.3, -0.25) is 10.2 Å². The summed E-state index contributed by atoms with van der Waals surface area (Å²) in [6.45, 7) is 1.48. The van der Waals surface area contributed by atoms with Crippen LogP contribution in [0.5, 0.6) is 0 Å². The van der Waals surface area contributed by atoms with Crippen molar-refractivity contribution in [1.29, 1.82) is 0 Å². The van der Waals surface area contributed by atoms with Crippen LogP contribution in [0.1, 0.15) is 12.5 Å². The van der Waals surface area contributed by atoms with E-state index in [1.807, 2.05) is 60.7 Å². The third kappa shape index (κ3) is 4.05. The van der Waals surface area contributed by atoms with Crippen LogP contribution in [0.15, 0.2) is 65.8 Å². The molecule has 2 aromatic carbocycles. The van der Waals surface area contributed by atoms with E-state index in [4.69, 9.17) is 0 Å². The second-order valence-corrected chi connectivity index (χ2v) is 6.02. The Bertz CT molecular complexity index is 844. The summed E-state index contributed by atoms with van der Waals surface area (Å²) in [6, 6.07) is 19.5. The van der Waals surface area contributed by atoms with E-state index in [0.29, 0.717) is 10.1 Å². The molecule has 1 aromatic heterocycles. The van der Waals surface area contributed by atoms with Crippen LogP contribution < -0.4 is 10.7 Å². The molecule has 0 atom stereocenters. The third-order valence-corrected chi connectivity index (χ3v) is 4.01. The van der Waals surface area contributed by atoms with Gasteiger partial charge in [0.25, 0.3) is 0 Å². The van der Waals surface area contributed by atoms with Gasteiger partial charge >= 0.3 is 0 Å². The topological polar surface area (TPSA) is 66.4 Å². The van der Waals surface area contributed by atoms with Crippen molar-refractivity contribution in [2.45, 2.75) is 6.92 Å². The lowest BCUT2D eigenvalue weighted by molar-refractivity contribution is -0.114. The van der Waals surface area contributed by atoms with E-state index in [2.05, 4.69) is 20.8 Å². The van der Waals surface area contributed by atoms with Gasteiger partial charge in [0.1, 0.15) is 10.7 Å². The van der Waals surface area contributed by atoms with E-state index >= 15 is 0 Å². The van der Waals surface area contributed by atoms with Gasteiger partial charge in [-0.05, 0) is 5.56 Å². The number of amides is 1. The van der Waals surface area contributed by atoms with Gasteiger partial charge < -0.3 is 5.32 Å². The number of rotatable bonds is 5. The molecule has 0 spiro atoms. The monoisotopic (exact) mass is 336 g/mol. The second kappa shape index (κ2) is 7.52. The molecular weight excluding hydrogens is 320 g/mol. The van der Waals surface area contributed by atoms with Crippen molar-refractivity contribution in [3.8, 4) is 11.3 Å². The van der Waals surface area contributed by atoms with Gasteiger partial charge in [-0.25, -0.2) is 4.98 Å². The van der Waals surface area contributed by atoms with Crippen LogP contribution in [0, 0.1) is 0 Å². The summed E-state index contributed by atoms with van der Waals surface area (Å²) in [5, 5.41) is 8.34. The number of hydrazone groups is 1. The van der Waals surface area contributed by atoms with E-state index in [1.165, 1.54) is 18.3 Å². The molecule has 0 aliphatic heterocycles. The number of carbonyl (C=O) groups excluding carboxylic acids is 1. The predicted octanol–water partition coefficient (Wildman–Crippen LogP) is 4.21. The highest BCUT2D eigenvalue weighted by Crippen LogP contribution is 2.35. The van der Waals surface area contributed by atoms with Crippen molar-refractivity contribution in [2.75, 3.05) is 10.7 Å². The number of carbonyl (C=O) groups is 1. The first-order chi connectivity index (χ1) is 11.7. The van der Waals surface area contributed by atoms with E-state index in [-0.39, 0.29) is 5.91 Å². The molecule has 0 saturated heterocycles. The Morgan fingerprint density at radius 2 is 1.75 bits per heavy atom. The van der Waals surface area contributed by atoms with Crippen LogP contribution in [0.3, 0.4) is 0 Å². The molecule has 1 amide bonds. The molecule has 0 aliphatic rings. The van der Waals surface area contributed by atoms with Crippen LogP contribution in [0.2, 0.25) is 0 Å². The minimum Gasteiger partial charge on any atom is -0.316 e. The summed E-state index contributed by atoms with van der Waals surface area (Å²) in [7, 11) is 0. The van der Waals surface area contributed by atoms with Crippen molar-refractivity contribution in [3.63, 3.8) is 0 Å². The first kappa shape index (κ1) is 15.9. The average molecular weight is 336 g/mol. The number of anilines is 2. The van der Waals surface area contributed by atoms with Crippen molar-refractivity contribution >= 4 is 33.6 Å². The standard InChI is InChI=1S/C18H16N4OS/c1-13(23)20-17-16(15-10-6-3-7-11-15)21-18(24-17)22-19-12-14-8-4-2-5-9-14/h2-12H,1H3,(H,20,23)(H,21,22)/b19-12+. The molecule has 0 aliphatic carbocycles. The number of benzene rings is 2. The molecule has 0 radical (unpaired) electrons. The van der Waals surface area contributed by atoms with Crippen LogP contribution in [0.4, 0.5) is 10.1 Å². The molecule has 0 fully saturated rings. The Labute approximate surface area is 144 Å². The molecule has 6 heteroatoms. The normalized spacial score (nSPS) is 10.7. The van der Waals surface area contributed by atoms with Gasteiger partial charge in [-0.2, -0.15) is 5.10 Å². The molecule has 2 N–H and O–H groups in total. The zero-order valence-electron chi connectivity index (χ0n) is 13.1. The summed E-state index contributed by atoms with van der Waals surface area (Å²) in [4.78, 5) is 16.0. The fourth-order valence-electron chi connectivity index (χ4n) is 2.11. The number of aromatic nitrogens is 1. The molecule has 3 rings (SSSR count). The maximum atomic E-state index is 11.4. The molecular formula is C18H16N4OS. The number of thiazole rings is 1. The lowest BCUT2D eigenvalue weighted by Crippen LogP contribution is -2.05. The highest BCUT2D eigenvalue weighted by Gasteiger charge is 2.13. The van der Waals surface area contributed by atoms with Crippen molar-refractivity contribution in [1.82, 2.24) is 4.98 Å². The molecule has 0 unspecified atom stereocenters. The first-order valence-electron chi connectivity index (χ1n) is 7.40. The van der Waals surface area contributed by atoms with Crippen molar-refractivity contribution in [3.05, 3.63) is 66.2 Å². The van der Waals surface area contributed by atoms with Crippen molar-refractivity contribution in [2.24, 2.45) is 5.10 Å². The molecule has 1 heterocycles. The highest BCUT2D eigenvalue weighted by atomic mass is 32.1. The Balaban J connectivity index is 1.82. The molecule has 0 saturated carbocycles. The summed E-state index contributed by atoms with van der Waals surface area (Å²) in [5.41, 5.74) is 5.59. The van der Waals surface area contributed by atoms with Gasteiger partial charge in [-0.1, -0.05) is 72.0 Å². The summed E-state index contributed by atoms with van der Waals surface area (Å²) in [5.74, 6) is -0.129. The van der Waals surface area contributed by atoms with Gasteiger partial charge in [0.2, 0.25) is 11.0 Å². The van der Waals surface area contributed by atoms with Crippen LogP contribution in [0.25, 0.3) is 11.3 Å². The highest BCUT2D eigenvalue weighted by molar-refractivity contribution is 7.20. The summed E-state index contributed by atoms with van der Waals surface area (Å²) < 4.78 is 0. The Hall–Kier alpha value is -2.99. The molecule has 3 aromatic rings. The van der Waals surface area contributed by atoms with Gasteiger partial charge in [0.05, 0.1) is 6.21 Å². The smallest absolute Gasteiger partial charge is 0.221 e. The fourth-order valence-corrected chi connectivity index (χ4v) is 2.99. The lowest BCUT2D eigenvalue weighted by atomic mass is 10.2. The predicted molar refractivity (Wildman–Crippen MR) is 99.5 cm³/mol. The second-order valence-electron chi connectivity index (χ2n) is 5.02. The maximum absolute atomic E-state index is 11.4. The van der Waals surface area contributed by atoms with Crippen LogP contribution >= 0.6 is 11.3 Å². The summed E-state index contributed by atoms with van der Waals surface area (Å²) in [6.07, 6.45) is 1.72. The van der Waals surface area contributed by atoms with Gasteiger partial charge in [0.15, 0.2) is 0 Å². The number of nitrogens with one attached hydrogen (secondary N) is 2. The zero-order chi connectivity index (χ0) is 16.8. The fraction of sp³-hybridized carbons (Fsp3) is 0.0556. The third-order valence-electron chi connectivity index (χ3n) is 3.14. The van der Waals surface area contributed by atoms with E-state index in [1.54, 1.807) is 6.21 Å². The maximum Gasteiger partial charge on any atom is 0.221 e. The lowest BCUT2D eigenvalue weighted by Gasteiger charge is -2.01. The molecule has 120 valence electrons. The molecule has 24 heavy (non-hydrogen) atoms. The minimum absolute atomic E-state index is 0.129. The Kier molecular flexibility index (Phi) is 4.98. The Morgan fingerprint density at radius 3 is 2.42 bits per heavy atom. The van der Waals surface area contributed by atoms with Crippen LogP contribution in [-0.4, -0.2) is 17.1 Å². The molecule has 0 bridgehead atoms. The van der Waals surface area contributed by atoms with E-state index in [9.17, 15) is 4.79 Å². The first-order valence-corrected chi connectivity index (χ1v) is 8.22. The SMILES string of the molecule is CC(=O)Nc1sc(N/N=C/c2ccccc2)nc1-c1ccccc1. The average Bonchev–Trinajstić information content (AvgIpc) is 2.98.